The topological polar surface area (TPSA) is 81.6 Å². The van der Waals surface area contributed by atoms with Gasteiger partial charge in [-0.1, -0.05) is 11.6 Å². The third-order valence-electron chi connectivity index (χ3n) is 3.90. The van der Waals surface area contributed by atoms with Gasteiger partial charge in [0.1, 0.15) is 6.10 Å². The summed E-state index contributed by atoms with van der Waals surface area (Å²) in [7, 11) is -2.07. The highest BCUT2D eigenvalue weighted by molar-refractivity contribution is 7.89. The van der Waals surface area contributed by atoms with Crippen molar-refractivity contribution < 1.29 is 17.9 Å². The number of rotatable bonds is 5. The molecule has 134 valence electrons. The first-order valence-corrected chi connectivity index (χ1v) is 9.61. The second-order valence-electron chi connectivity index (χ2n) is 5.61. The Morgan fingerprint density at radius 1 is 1.12 bits per heavy atom. The Bertz CT molecular complexity index is 812. The van der Waals surface area contributed by atoms with Gasteiger partial charge in [-0.25, -0.2) is 8.42 Å². The lowest BCUT2D eigenvalue weighted by atomic mass is 10.1. The number of hydrogen-bond acceptors (Lipinski definition) is 6. The molecule has 2 heterocycles. The highest BCUT2D eigenvalue weighted by Gasteiger charge is 2.31. The zero-order valence-electron chi connectivity index (χ0n) is 13.6. The van der Waals surface area contributed by atoms with Gasteiger partial charge in [-0.3, -0.25) is 0 Å². The molecule has 0 aliphatic carbocycles. The minimum Gasteiger partial charge on any atom is -0.480 e. The summed E-state index contributed by atoms with van der Waals surface area (Å²) in [6, 6.07) is 9.46. The fourth-order valence-corrected chi connectivity index (χ4v) is 4.26. The quantitative estimate of drug-likeness (QED) is 0.788. The molecule has 1 atom stereocenters. The van der Waals surface area contributed by atoms with Gasteiger partial charge in [-0.05, 0) is 37.1 Å². The van der Waals surface area contributed by atoms with E-state index in [0.29, 0.717) is 29.7 Å². The minimum absolute atomic E-state index is 0.224. The number of benzene rings is 1. The van der Waals surface area contributed by atoms with E-state index >= 15 is 0 Å². The molecular formula is C16H18ClN3O4S. The molecule has 7 nitrogen and oxygen atoms in total. The van der Waals surface area contributed by atoms with Crippen LogP contribution >= 0.6 is 11.6 Å². The molecule has 1 aromatic carbocycles. The highest BCUT2D eigenvalue weighted by Crippen LogP contribution is 2.24. The van der Waals surface area contributed by atoms with E-state index in [0.717, 1.165) is 6.42 Å². The molecule has 1 saturated heterocycles. The smallest absolute Gasteiger partial charge is 0.243 e. The van der Waals surface area contributed by atoms with E-state index in [4.69, 9.17) is 21.1 Å². The van der Waals surface area contributed by atoms with Crippen LogP contribution in [0.15, 0.2) is 41.3 Å². The Hall–Kier alpha value is -1.90. The number of nitrogens with zero attached hydrogens (tertiary/aromatic N) is 3. The Morgan fingerprint density at radius 3 is 2.44 bits per heavy atom. The van der Waals surface area contributed by atoms with Gasteiger partial charge in [0.05, 0.1) is 18.6 Å². The predicted molar refractivity (Wildman–Crippen MR) is 92.4 cm³/mol. The number of hydrogen-bond donors (Lipinski definition) is 0. The Labute approximate surface area is 151 Å². The van der Waals surface area contributed by atoms with Crippen LogP contribution in [0, 0.1) is 0 Å². The van der Waals surface area contributed by atoms with E-state index in [1.807, 2.05) is 0 Å². The lowest BCUT2D eigenvalue weighted by molar-refractivity contribution is 0.123. The van der Waals surface area contributed by atoms with Crippen LogP contribution < -0.4 is 9.47 Å². The summed E-state index contributed by atoms with van der Waals surface area (Å²) in [5.41, 5.74) is 0. The molecule has 0 N–H and O–H groups in total. The van der Waals surface area contributed by atoms with Crippen molar-refractivity contribution in [1.29, 1.82) is 0 Å². The zero-order chi connectivity index (χ0) is 17.9. The molecular weight excluding hydrogens is 366 g/mol. The van der Waals surface area contributed by atoms with Gasteiger partial charge in [0, 0.05) is 23.7 Å². The maximum Gasteiger partial charge on any atom is 0.243 e. The lowest BCUT2D eigenvalue weighted by Crippen LogP contribution is -2.44. The Morgan fingerprint density at radius 2 is 1.80 bits per heavy atom. The summed E-state index contributed by atoms with van der Waals surface area (Å²) < 4.78 is 37.7. The first-order chi connectivity index (χ1) is 12.0. The van der Waals surface area contributed by atoms with Crippen LogP contribution in [0.3, 0.4) is 0 Å². The number of ether oxygens (including phenoxy) is 2. The van der Waals surface area contributed by atoms with Crippen molar-refractivity contribution >= 4 is 21.6 Å². The molecule has 9 heteroatoms. The molecule has 0 saturated carbocycles. The van der Waals surface area contributed by atoms with Gasteiger partial charge in [0.2, 0.25) is 21.8 Å². The van der Waals surface area contributed by atoms with Crippen LogP contribution in [0.5, 0.6) is 11.8 Å². The molecule has 1 fully saturated rings. The van der Waals surface area contributed by atoms with E-state index in [2.05, 4.69) is 10.2 Å². The van der Waals surface area contributed by atoms with Crippen molar-refractivity contribution in [3.63, 3.8) is 0 Å². The Kier molecular flexibility index (Phi) is 5.41. The summed E-state index contributed by atoms with van der Waals surface area (Å²) in [6.45, 7) is 0.720. The molecule has 1 unspecified atom stereocenters. The SMILES string of the molecule is COc1ccc(OC2CCCN(S(=O)(=O)c3ccc(Cl)cc3)C2)nn1. The zero-order valence-corrected chi connectivity index (χ0v) is 15.2. The van der Waals surface area contributed by atoms with Crippen LogP contribution in [0.25, 0.3) is 0 Å². The molecule has 1 aliphatic heterocycles. The van der Waals surface area contributed by atoms with Crippen molar-refractivity contribution in [3.8, 4) is 11.8 Å². The maximum absolute atomic E-state index is 12.8. The second-order valence-corrected chi connectivity index (χ2v) is 7.99. The van der Waals surface area contributed by atoms with Crippen molar-refractivity contribution in [2.45, 2.75) is 23.8 Å². The van der Waals surface area contributed by atoms with Crippen molar-refractivity contribution in [1.82, 2.24) is 14.5 Å². The molecule has 0 amide bonds. The maximum atomic E-state index is 12.8. The first-order valence-electron chi connectivity index (χ1n) is 7.79. The van der Waals surface area contributed by atoms with Crippen LogP contribution in [0.1, 0.15) is 12.8 Å². The lowest BCUT2D eigenvalue weighted by Gasteiger charge is -2.31. The van der Waals surface area contributed by atoms with Crippen molar-refractivity contribution in [2.24, 2.45) is 0 Å². The first kappa shape index (κ1) is 17.9. The van der Waals surface area contributed by atoms with E-state index in [1.165, 1.54) is 23.5 Å². The second kappa shape index (κ2) is 7.55. The van der Waals surface area contributed by atoms with Crippen LogP contribution in [0.4, 0.5) is 0 Å². The number of sulfonamides is 1. The Balaban J connectivity index is 1.70. The average molecular weight is 384 g/mol. The van der Waals surface area contributed by atoms with Crippen LogP contribution in [-0.4, -0.2) is 49.2 Å². The number of halogens is 1. The summed E-state index contributed by atoms with van der Waals surface area (Å²) in [4.78, 5) is 0.224. The molecule has 1 aliphatic rings. The normalized spacial score (nSPS) is 18.7. The fourth-order valence-electron chi connectivity index (χ4n) is 2.63. The third-order valence-corrected chi connectivity index (χ3v) is 6.04. The van der Waals surface area contributed by atoms with Gasteiger partial charge in [-0.15, -0.1) is 10.2 Å². The van der Waals surface area contributed by atoms with Gasteiger partial charge in [-0.2, -0.15) is 4.31 Å². The van der Waals surface area contributed by atoms with Gasteiger partial charge in [0.15, 0.2) is 0 Å². The molecule has 0 bridgehead atoms. The van der Waals surface area contributed by atoms with E-state index in [-0.39, 0.29) is 17.5 Å². The molecule has 2 aromatic rings. The highest BCUT2D eigenvalue weighted by atomic mass is 35.5. The van der Waals surface area contributed by atoms with Gasteiger partial charge < -0.3 is 9.47 Å². The standard InChI is InChI=1S/C16H18ClN3O4S/c1-23-15-8-9-16(19-18-15)24-13-3-2-10-20(11-13)25(21,22)14-6-4-12(17)5-7-14/h4-9,13H,2-3,10-11H2,1H3. The summed E-state index contributed by atoms with van der Waals surface area (Å²) in [5, 5.41) is 8.26. The minimum atomic E-state index is -3.58. The monoisotopic (exact) mass is 383 g/mol. The number of aromatic nitrogens is 2. The summed E-state index contributed by atoms with van der Waals surface area (Å²) >= 11 is 5.83. The molecule has 0 spiro atoms. The van der Waals surface area contributed by atoms with E-state index in [1.54, 1.807) is 24.3 Å². The number of piperidine rings is 1. The summed E-state index contributed by atoms with van der Waals surface area (Å²) in [6.07, 6.45) is 1.18. The largest absolute Gasteiger partial charge is 0.480 e. The predicted octanol–water partition coefficient (Wildman–Crippen LogP) is 2.37. The van der Waals surface area contributed by atoms with Crippen LogP contribution in [-0.2, 0) is 10.0 Å². The number of methoxy groups -OCH3 is 1. The molecule has 25 heavy (non-hydrogen) atoms. The average Bonchev–Trinajstić information content (AvgIpc) is 2.63. The molecule has 1 aromatic heterocycles. The summed E-state index contributed by atoms with van der Waals surface area (Å²) in [5.74, 6) is 0.736. The van der Waals surface area contributed by atoms with Crippen molar-refractivity contribution in [3.05, 3.63) is 41.4 Å². The van der Waals surface area contributed by atoms with E-state index in [9.17, 15) is 8.42 Å². The molecule has 0 radical (unpaired) electrons. The van der Waals surface area contributed by atoms with Gasteiger partial charge >= 0.3 is 0 Å². The van der Waals surface area contributed by atoms with Gasteiger partial charge in [0.25, 0.3) is 0 Å². The van der Waals surface area contributed by atoms with Crippen molar-refractivity contribution in [2.75, 3.05) is 20.2 Å². The molecule has 3 rings (SSSR count). The fraction of sp³-hybridized carbons (Fsp3) is 0.375. The van der Waals surface area contributed by atoms with E-state index < -0.39 is 10.0 Å². The third kappa shape index (κ3) is 4.20. The van der Waals surface area contributed by atoms with Crippen LogP contribution in [0.2, 0.25) is 5.02 Å².